The van der Waals surface area contributed by atoms with Crippen LogP contribution in [0.4, 0.5) is 0 Å². The molecule has 2 rings (SSSR count). The van der Waals surface area contributed by atoms with Crippen LogP contribution >= 0.6 is 0 Å². The molecule has 0 saturated carbocycles. The molecule has 28 heavy (non-hydrogen) atoms. The maximum Gasteiger partial charge on any atom is 0.326 e. The summed E-state index contributed by atoms with van der Waals surface area (Å²) < 4.78 is 0. The summed E-state index contributed by atoms with van der Waals surface area (Å²) in [6, 6.07) is 6.75. The quantitative estimate of drug-likeness (QED) is 0.460. The monoisotopic (exact) mass is 390 g/mol. The normalized spacial score (nSPS) is 18.2. The number of carboxylic acids is 1. The third-order valence-corrected chi connectivity index (χ3v) is 4.66. The van der Waals surface area contributed by atoms with E-state index in [1.165, 1.54) is 11.8 Å². The molecule has 1 aromatic carbocycles. The zero-order valence-corrected chi connectivity index (χ0v) is 15.8. The van der Waals surface area contributed by atoms with Crippen LogP contribution in [0.15, 0.2) is 30.3 Å². The molecule has 5 N–H and O–H groups in total. The molecule has 1 fully saturated rings. The van der Waals surface area contributed by atoms with Crippen LogP contribution in [-0.2, 0) is 25.6 Å². The number of nitrogens with one attached hydrogen (secondary N) is 2. The average Bonchev–Trinajstić information content (AvgIpc) is 3.16. The first-order valence-corrected chi connectivity index (χ1v) is 9.19. The lowest BCUT2D eigenvalue weighted by atomic mass is 10.1. The summed E-state index contributed by atoms with van der Waals surface area (Å²) in [5.41, 5.74) is 6.79. The highest BCUT2D eigenvalue weighted by Gasteiger charge is 2.34. The van der Waals surface area contributed by atoms with Crippen LogP contribution in [0.3, 0.4) is 0 Å². The van der Waals surface area contributed by atoms with Gasteiger partial charge in [-0.3, -0.25) is 14.4 Å². The Morgan fingerprint density at radius 2 is 1.89 bits per heavy atom. The van der Waals surface area contributed by atoms with Crippen LogP contribution in [0.1, 0.15) is 25.3 Å². The number of nitrogens with two attached hydrogens (primary N) is 1. The van der Waals surface area contributed by atoms with Crippen LogP contribution in [0, 0.1) is 0 Å². The van der Waals surface area contributed by atoms with Crippen molar-refractivity contribution in [1.82, 2.24) is 15.5 Å². The number of amides is 3. The number of likely N-dealkylation sites (tertiary alicyclic amines) is 1. The molecule has 1 heterocycles. The van der Waals surface area contributed by atoms with Crippen molar-refractivity contribution >= 4 is 23.7 Å². The fourth-order valence-electron chi connectivity index (χ4n) is 3.09. The summed E-state index contributed by atoms with van der Waals surface area (Å²) in [4.78, 5) is 48.9. The van der Waals surface area contributed by atoms with Gasteiger partial charge >= 0.3 is 5.97 Å². The summed E-state index contributed by atoms with van der Waals surface area (Å²) in [6.45, 7) is 1.52. The average molecular weight is 390 g/mol. The van der Waals surface area contributed by atoms with Crippen molar-refractivity contribution in [1.29, 1.82) is 0 Å². The summed E-state index contributed by atoms with van der Waals surface area (Å²) in [5.74, 6) is -2.52. The Bertz CT molecular complexity index is 724. The summed E-state index contributed by atoms with van der Waals surface area (Å²) >= 11 is 0. The van der Waals surface area contributed by atoms with Gasteiger partial charge in [-0.05, 0) is 31.7 Å². The lowest BCUT2D eigenvalue weighted by Crippen LogP contribution is -2.52. The first-order valence-electron chi connectivity index (χ1n) is 9.19. The maximum absolute atomic E-state index is 12.2. The molecule has 9 nitrogen and oxygen atoms in total. The standard InChI is InChI=1S/C19H26N4O5/c1-12(22-18(26)14(20)10-13-6-3-2-4-7-13)17(25)21-11-16(24)23-9-5-8-15(23)19(27)28/h2-4,6-7,12,14-15H,5,8-11,20H2,1H3,(H,21,25)(H,22,26)(H,27,28). The zero-order valence-electron chi connectivity index (χ0n) is 15.8. The Morgan fingerprint density at radius 3 is 2.54 bits per heavy atom. The zero-order chi connectivity index (χ0) is 20.7. The number of carboxylic acid groups (broad SMARTS) is 1. The molecule has 1 aromatic rings. The predicted octanol–water partition coefficient (Wildman–Crippen LogP) is -0.747. The largest absolute Gasteiger partial charge is 0.480 e. The molecule has 3 amide bonds. The van der Waals surface area contributed by atoms with E-state index in [9.17, 15) is 19.2 Å². The lowest BCUT2D eigenvalue weighted by molar-refractivity contribution is -0.148. The van der Waals surface area contributed by atoms with Crippen LogP contribution < -0.4 is 16.4 Å². The van der Waals surface area contributed by atoms with E-state index in [1.54, 1.807) is 0 Å². The molecule has 3 atom stereocenters. The highest BCUT2D eigenvalue weighted by molar-refractivity contribution is 5.92. The molecule has 3 unspecified atom stereocenters. The predicted molar refractivity (Wildman–Crippen MR) is 101 cm³/mol. The van der Waals surface area contributed by atoms with Gasteiger partial charge in [-0.15, -0.1) is 0 Å². The van der Waals surface area contributed by atoms with Gasteiger partial charge in [0, 0.05) is 6.54 Å². The van der Waals surface area contributed by atoms with Crippen LogP contribution in [-0.4, -0.2) is 64.9 Å². The molecule has 152 valence electrons. The highest BCUT2D eigenvalue weighted by Crippen LogP contribution is 2.17. The molecule has 0 bridgehead atoms. The minimum atomic E-state index is -1.05. The van der Waals surface area contributed by atoms with E-state index in [4.69, 9.17) is 10.8 Å². The van der Waals surface area contributed by atoms with Gasteiger partial charge in [0.2, 0.25) is 17.7 Å². The summed E-state index contributed by atoms with van der Waals surface area (Å²) in [5, 5.41) is 14.1. The van der Waals surface area contributed by atoms with E-state index in [0.29, 0.717) is 25.8 Å². The fourth-order valence-corrected chi connectivity index (χ4v) is 3.09. The Balaban J connectivity index is 1.78. The number of carbonyl (C=O) groups is 4. The summed E-state index contributed by atoms with van der Waals surface area (Å²) in [6.07, 6.45) is 1.36. The number of carbonyl (C=O) groups excluding carboxylic acids is 3. The Morgan fingerprint density at radius 1 is 1.21 bits per heavy atom. The van der Waals surface area contributed by atoms with E-state index >= 15 is 0 Å². The van der Waals surface area contributed by atoms with E-state index in [-0.39, 0.29) is 6.54 Å². The maximum atomic E-state index is 12.2. The van der Waals surface area contributed by atoms with Crippen LogP contribution in [0.5, 0.6) is 0 Å². The van der Waals surface area contributed by atoms with Crippen molar-refractivity contribution in [3.8, 4) is 0 Å². The number of nitrogens with zero attached hydrogens (tertiary/aromatic N) is 1. The SMILES string of the molecule is CC(NC(=O)C(N)Cc1ccccc1)C(=O)NCC(=O)N1CCCC1C(=O)O. The third kappa shape index (κ3) is 5.78. The Hall–Kier alpha value is -2.94. The first-order chi connectivity index (χ1) is 13.3. The van der Waals surface area contributed by atoms with Gasteiger partial charge in [0.05, 0.1) is 12.6 Å². The molecule has 9 heteroatoms. The molecular weight excluding hydrogens is 364 g/mol. The van der Waals surface area contributed by atoms with Gasteiger partial charge in [0.1, 0.15) is 12.1 Å². The highest BCUT2D eigenvalue weighted by atomic mass is 16.4. The van der Waals surface area contributed by atoms with E-state index in [1.807, 2.05) is 30.3 Å². The molecular formula is C19H26N4O5. The third-order valence-electron chi connectivity index (χ3n) is 4.66. The fraction of sp³-hybridized carbons (Fsp3) is 0.474. The van der Waals surface area contributed by atoms with Crippen molar-refractivity contribution in [3.05, 3.63) is 35.9 Å². The number of hydrogen-bond acceptors (Lipinski definition) is 5. The molecule has 0 radical (unpaired) electrons. The van der Waals surface area contributed by atoms with Crippen molar-refractivity contribution in [2.24, 2.45) is 5.73 Å². The van der Waals surface area contributed by atoms with E-state index in [0.717, 1.165) is 5.56 Å². The van der Waals surface area contributed by atoms with Crippen LogP contribution in [0.2, 0.25) is 0 Å². The van der Waals surface area contributed by atoms with Gasteiger partial charge < -0.3 is 26.4 Å². The van der Waals surface area contributed by atoms with Crippen molar-refractivity contribution in [2.45, 2.75) is 44.3 Å². The second-order valence-corrected chi connectivity index (χ2v) is 6.83. The van der Waals surface area contributed by atoms with Gasteiger partial charge in [-0.2, -0.15) is 0 Å². The van der Waals surface area contributed by atoms with Crippen molar-refractivity contribution < 1.29 is 24.3 Å². The minimum Gasteiger partial charge on any atom is -0.480 e. The van der Waals surface area contributed by atoms with Gasteiger partial charge in [0.15, 0.2) is 0 Å². The minimum absolute atomic E-state index is 0.321. The van der Waals surface area contributed by atoms with Crippen molar-refractivity contribution in [2.75, 3.05) is 13.1 Å². The molecule has 1 aliphatic rings. The lowest BCUT2D eigenvalue weighted by Gasteiger charge is -2.22. The summed E-state index contributed by atoms with van der Waals surface area (Å²) in [7, 11) is 0. The second-order valence-electron chi connectivity index (χ2n) is 6.83. The molecule has 0 aliphatic carbocycles. The smallest absolute Gasteiger partial charge is 0.326 e. The topological polar surface area (TPSA) is 142 Å². The molecule has 0 aromatic heterocycles. The van der Waals surface area contributed by atoms with E-state index in [2.05, 4.69) is 10.6 Å². The number of rotatable bonds is 8. The molecule has 0 spiro atoms. The Kier molecular flexibility index (Phi) is 7.51. The van der Waals surface area contributed by atoms with Gasteiger partial charge in [-0.1, -0.05) is 30.3 Å². The molecule has 1 saturated heterocycles. The van der Waals surface area contributed by atoms with E-state index < -0.39 is 41.8 Å². The first kappa shape index (κ1) is 21.4. The van der Waals surface area contributed by atoms with Gasteiger partial charge in [0.25, 0.3) is 0 Å². The van der Waals surface area contributed by atoms with Crippen LogP contribution in [0.25, 0.3) is 0 Å². The number of aliphatic carboxylic acids is 1. The Labute approximate surface area is 163 Å². The number of benzene rings is 1. The van der Waals surface area contributed by atoms with Gasteiger partial charge in [-0.25, -0.2) is 4.79 Å². The van der Waals surface area contributed by atoms with Crippen molar-refractivity contribution in [3.63, 3.8) is 0 Å². The second kappa shape index (κ2) is 9.84. The molecule has 1 aliphatic heterocycles. The number of hydrogen-bond donors (Lipinski definition) is 4.